The molecule has 94 valence electrons. The van der Waals surface area contributed by atoms with Gasteiger partial charge in [0.05, 0.1) is 11.2 Å². The van der Waals surface area contributed by atoms with Crippen molar-refractivity contribution in [3.8, 4) is 0 Å². The summed E-state index contributed by atoms with van der Waals surface area (Å²) in [6, 6.07) is 10.1. The minimum absolute atomic E-state index is 0.545. The smallest absolute Gasteiger partial charge is 0.129 e. The first-order valence-electron chi connectivity index (χ1n) is 6.14. The number of hydrogen-bond acceptors (Lipinski definition) is 4. The van der Waals surface area contributed by atoms with Gasteiger partial charge in [0.2, 0.25) is 0 Å². The van der Waals surface area contributed by atoms with E-state index in [1.165, 1.54) is 11.9 Å². The largest absolute Gasteiger partial charge is 0.383 e. The average Bonchev–Trinajstić information content (AvgIpc) is 2.44. The molecule has 3 aromatic rings. The molecule has 0 radical (unpaired) electrons. The molecule has 0 spiro atoms. The van der Waals surface area contributed by atoms with Gasteiger partial charge in [-0.3, -0.25) is 4.98 Å². The molecule has 2 N–H and O–H groups in total. The third kappa shape index (κ3) is 2.12. The summed E-state index contributed by atoms with van der Waals surface area (Å²) >= 11 is 0. The van der Waals surface area contributed by atoms with Gasteiger partial charge in [0.1, 0.15) is 12.1 Å². The van der Waals surface area contributed by atoms with Gasteiger partial charge >= 0.3 is 0 Å². The summed E-state index contributed by atoms with van der Waals surface area (Å²) in [7, 11) is 0. The van der Waals surface area contributed by atoms with Crippen LogP contribution in [0.1, 0.15) is 16.8 Å². The summed E-state index contributed by atoms with van der Waals surface area (Å²) in [5.41, 5.74) is 9.93. The van der Waals surface area contributed by atoms with Crippen molar-refractivity contribution < 1.29 is 0 Å². The third-order valence-corrected chi connectivity index (χ3v) is 3.32. The van der Waals surface area contributed by atoms with Crippen LogP contribution in [-0.4, -0.2) is 15.0 Å². The number of nitrogens with two attached hydrogens (primary N) is 1. The van der Waals surface area contributed by atoms with Crippen LogP contribution in [-0.2, 0) is 6.42 Å². The lowest BCUT2D eigenvalue weighted by Gasteiger charge is -2.08. The van der Waals surface area contributed by atoms with Gasteiger partial charge < -0.3 is 5.73 Å². The molecule has 0 aliphatic heterocycles. The molecule has 0 amide bonds. The first-order chi connectivity index (χ1) is 9.25. The fourth-order valence-electron chi connectivity index (χ4n) is 2.17. The van der Waals surface area contributed by atoms with Crippen molar-refractivity contribution >= 4 is 16.7 Å². The van der Waals surface area contributed by atoms with E-state index in [4.69, 9.17) is 5.73 Å². The molecule has 2 aromatic heterocycles. The summed E-state index contributed by atoms with van der Waals surface area (Å²) in [5, 5.41) is 1.15. The van der Waals surface area contributed by atoms with Gasteiger partial charge in [-0.25, -0.2) is 9.97 Å². The van der Waals surface area contributed by atoms with Crippen molar-refractivity contribution in [2.24, 2.45) is 0 Å². The zero-order chi connectivity index (χ0) is 13.2. The number of nitrogens with zero attached hydrogens (tertiary/aromatic N) is 3. The van der Waals surface area contributed by atoms with E-state index in [-0.39, 0.29) is 0 Å². The van der Waals surface area contributed by atoms with Gasteiger partial charge in [0.15, 0.2) is 0 Å². The number of rotatable bonds is 2. The van der Waals surface area contributed by atoms with Crippen LogP contribution >= 0.6 is 0 Å². The van der Waals surface area contributed by atoms with Gasteiger partial charge in [-0.1, -0.05) is 18.2 Å². The molecule has 0 bridgehead atoms. The van der Waals surface area contributed by atoms with E-state index < -0.39 is 0 Å². The molecular weight excluding hydrogens is 236 g/mol. The Hall–Kier alpha value is -2.49. The Morgan fingerprint density at radius 2 is 1.89 bits per heavy atom. The molecule has 4 nitrogen and oxygen atoms in total. The fraction of sp³-hybridized carbons (Fsp3) is 0.133. The molecule has 0 saturated heterocycles. The number of para-hydroxylation sites is 1. The standard InChI is InChI=1S/C15H14N4/c1-10-14(18-9-19-15(10)16)8-11-6-7-17-13-5-3-2-4-12(11)13/h2-7,9H,8H2,1H3,(H2,16,18,19). The van der Waals surface area contributed by atoms with Crippen molar-refractivity contribution in [1.29, 1.82) is 0 Å². The van der Waals surface area contributed by atoms with Crippen molar-refractivity contribution in [2.75, 3.05) is 5.73 Å². The number of hydrogen-bond donors (Lipinski definition) is 1. The van der Waals surface area contributed by atoms with Crippen LogP contribution in [0.2, 0.25) is 0 Å². The highest BCUT2D eigenvalue weighted by atomic mass is 14.9. The quantitative estimate of drug-likeness (QED) is 0.759. The van der Waals surface area contributed by atoms with Crippen LogP contribution in [0.25, 0.3) is 10.9 Å². The number of anilines is 1. The zero-order valence-electron chi connectivity index (χ0n) is 10.7. The van der Waals surface area contributed by atoms with Gasteiger partial charge in [-0.15, -0.1) is 0 Å². The second-order valence-corrected chi connectivity index (χ2v) is 4.49. The topological polar surface area (TPSA) is 64.7 Å². The van der Waals surface area contributed by atoms with Crippen LogP contribution < -0.4 is 5.73 Å². The first-order valence-corrected chi connectivity index (χ1v) is 6.14. The molecule has 0 saturated carbocycles. The predicted octanol–water partition coefficient (Wildman–Crippen LogP) is 2.51. The van der Waals surface area contributed by atoms with E-state index in [2.05, 4.69) is 21.0 Å². The lowest BCUT2D eigenvalue weighted by molar-refractivity contribution is 1.01. The number of pyridine rings is 1. The maximum atomic E-state index is 5.82. The molecule has 0 aliphatic rings. The molecule has 1 aromatic carbocycles. The minimum Gasteiger partial charge on any atom is -0.383 e. The Kier molecular flexibility index (Phi) is 2.83. The van der Waals surface area contributed by atoms with Gasteiger partial charge in [-0.2, -0.15) is 0 Å². The highest BCUT2D eigenvalue weighted by Gasteiger charge is 2.08. The Balaban J connectivity index is 2.09. The summed E-state index contributed by atoms with van der Waals surface area (Å²) in [5.74, 6) is 0.545. The normalized spacial score (nSPS) is 10.8. The first kappa shape index (κ1) is 11.6. The number of aromatic nitrogens is 3. The van der Waals surface area contributed by atoms with Gasteiger partial charge in [-0.05, 0) is 24.6 Å². The van der Waals surface area contributed by atoms with E-state index in [1.54, 1.807) is 0 Å². The Morgan fingerprint density at radius 3 is 2.79 bits per heavy atom. The third-order valence-electron chi connectivity index (χ3n) is 3.32. The van der Waals surface area contributed by atoms with E-state index in [0.29, 0.717) is 5.82 Å². The fourth-order valence-corrected chi connectivity index (χ4v) is 2.17. The van der Waals surface area contributed by atoms with Crippen molar-refractivity contribution in [1.82, 2.24) is 15.0 Å². The summed E-state index contributed by atoms with van der Waals surface area (Å²) in [4.78, 5) is 12.7. The van der Waals surface area contributed by atoms with Gasteiger partial charge in [0.25, 0.3) is 0 Å². The second kappa shape index (κ2) is 4.65. The molecule has 0 aliphatic carbocycles. The molecule has 19 heavy (non-hydrogen) atoms. The molecule has 2 heterocycles. The lowest BCUT2D eigenvalue weighted by atomic mass is 10.0. The lowest BCUT2D eigenvalue weighted by Crippen LogP contribution is -2.02. The van der Waals surface area contributed by atoms with E-state index in [9.17, 15) is 0 Å². The van der Waals surface area contributed by atoms with Crippen molar-refractivity contribution in [3.63, 3.8) is 0 Å². The molecule has 4 heteroatoms. The molecule has 0 fully saturated rings. The SMILES string of the molecule is Cc1c(N)ncnc1Cc1ccnc2ccccc12. The predicted molar refractivity (Wildman–Crippen MR) is 75.7 cm³/mol. The van der Waals surface area contributed by atoms with E-state index in [0.717, 1.165) is 28.6 Å². The van der Waals surface area contributed by atoms with Crippen molar-refractivity contribution in [2.45, 2.75) is 13.3 Å². The summed E-state index contributed by atoms with van der Waals surface area (Å²) in [6.45, 7) is 1.95. The van der Waals surface area contributed by atoms with Crippen LogP contribution in [0, 0.1) is 6.92 Å². The molecule has 3 rings (SSSR count). The maximum absolute atomic E-state index is 5.82. The Morgan fingerprint density at radius 1 is 1.05 bits per heavy atom. The Labute approximate surface area is 111 Å². The number of nitrogen functional groups attached to an aromatic ring is 1. The minimum atomic E-state index is 0.545. The van der Waals surface area contributed by atoms with E-state index in [1.807, 2.05) is 37.4 Å². The van der Waals surface area contributed by atoms with Crippen LogP contribution in [0.4, 0.5) is 5.82 Å². The van der Waals surface area contributed by atoms with Crippen LogP contribution in [0.3, 0.4) is 0 Å². The van der Waals surface area contributed by atoms with Crippen molar-refractivity contribution in [3.05, 3.63) is 59.7 Å². The summed E-state index contributed by atoms with van der Waals surface area (Å²) < 4.78 is 0. The highest BCUT2D eigenvalue weighted by Crippen LogP contribution is 2.21. The Bertz CT molecular complexity index is 732. The molecule has 0 unspecified atom stereocenters. The van der Waals surface area contributed by atoms with E-state index >= 15 is 0 Å². The molecule has 0 atom stereocenters. The van der Waals surface area contributed by atoms with Crippen LogP contribution in [0.5, 0.6) is 0 Å². The zero-order valence-corrected chi connectivity index (χ0v) is 10.7. The average molecular weight is 250 g/mol. The number of benzene rings is 1. The molecular formula is C15H14N4. The number of fused-ring (bicyclic) bond motifs is 1. The maximum Gasteiger partial charge on any atom is 0.129 e. The summed E-state index contributed by atoms with van der Waals surface area (Å²) in [6.07, 6.45) is 4.08. The van der Waals surface area contributed by atoms with Gasteiger partial charge in [0, 0.05) is 23.6 Å². The monoisotopic (exact) mass is 250 g/mol. The second-order valence-electron chi connectivity index (χ2n) is 4.49. The highest BCUT2D eigenvalue weighted by molar-refractivity contribution is 5.82. The van der Waals surface area contributed by atoms with Crippen LogP contribution in [0.15, 0.2) is 42.9 Å².